The molecule has 0 bridgehead atoms. The highest BCUT2D eigenvalue weighted by Gasteiger charge is 2.38. The molecule has 3 rings (SSSR count). The first-order valence-corrected chi connectivity index (χ1v) is 14.8. The van der Waals surface area contributed by atoms with Crippen LogP contribution in [0.1, 0.15) is 91.5 Å². The number of likely N-dealkylation sites (N-methyl/N-ethyl adjacent to an activating group) is 1. The summed E-state index contributed by atoms with van der Waals surface area (Å²) in [5, 5.41) is 0.778. The van der Waals surface area contributed by atoms with E-state index in [0.717, 1.165) is 68.6 Å². The van der Waals surface area contributed by atoms with Crippen molar-refractivity contribution in [2.24, 2.45) is 10.4 Å². The molecular formula is C31H51F2N3S. The summed E-state index contributed by atoms with van der Waals surface area (Å²) in [6.45, 7) is 23.6. The van der Waals surface area contributed by atoms with E-state index in [0.29, 0.717) is 4.88 Å². The van der Waals surface area contributed by atoms with Crippen molar-refractivity contribution in [1.29, 1.82) is 0 Å². The first kappa shape index (κ1) is 33.2. The first-order valence-electron chi connectivity index (χ1n) is 14.0. The Morgan fingerprint density at radius 2 is 1.92 bits per heavy atom. The SMILES string of the molecule is C=C(c1cc(CC(C)(F)F)sc1/N=C\C)N1CCC(CC)(CN(C)CC2=CC=C(C)CC2)C1.CC.CC. The number of hydrogen-bond acceptors (Lipinski definition) is 4. The topological polar surface area (TPSA) is 18.8 Å². The van der Waals surface area contributed by atoms with Crippen molar-refractivity contribution in [3.8, 4) is 0 Å². The van der Waals surface area contributed by atoms with Crippen molar-refractivity contribution >= 4 is 28.2 Å². The smallest absolute Gasteiger partial charge is 0.250 e. The van der Waals surface area contributed by atoms with Crippen LogP contribution in [-0.2, 0) is 6.42 Å². The minimum absolute atomic E-state index is 0.210. The molecule has 2 heterocycles. The second-order valence-electron chi connectivity index (χ2n) is 10.0. The highest BCUT2D eigenvalue weighted by atomic mass is 32.1. The number of halogens is 2. The van der Waals surface area contributed by atoms with Gasteiger partial charge in [-0.25, -0.2) is 13.8 Å². The maximum atomic E-state index is 13.6. The summed E-state index contributed by atoms with van der Waals surface area (Å²) >= 11 is 1.35. The number of allylic oxidation sites excluding steroid dienone is 3. The molecule has 1 unspecified atom stereocenters. The van der Waals surface area contributed by atoms with Crippen molar-refractivity contribution in [1.82, 2.24) is 9.80 Å². The van der Waals surface area contributed by atoms with Crippen molar-refractivity contribution < 1.29 is 8.78 Å². The molecule has 1 saturated heterocycles. The Hall–Kier alpha value is -1.79. The first-order chi connectivity index (χ1) is 17.5. The molecule has 1 aliphatic heterocycles. The lowest BCUT2D eigenvalue weighted by molar-refractivity contribution is 0.0234. The van der Waals surface area contributed by atoms with Gasteiger partial charge in [0.05, 0.1) is 0 Å². The Morgan fingerprint density at radius 3 is 2.46 bits per heavy atom. The third-order valence-corrected chi connectivity index (χ3v) is 7.94. The monoisotopic (exact) mass is 535 g/mol. The van der Waals surface area contributed by atoms with Crippen LogP contribution in [0.25, 0.3) is 5.70 Å². The molecule has 0 amide bonds. The van der Waals surface area contributed by atoms with Crippen LogP contribution in [0.2, 0.25) is 0 Å². The van der Waals surface area contributed by atoms with Crippen LogP contribution in [-0.4, -0.2) is 55.2 Å². The normalized spacial score (nSPS) is 19.7. The van der Waals surface area contributed by atoms with E-state index >= 15 is 0 Å². The zero-order valence-corrected chi connectivity index (χ0v) is 25.7. The molecule has 3 nitrogen and oxygen atoms in total. The molecule has 0 N–H and O–H groups in total. The Labute approximate surface area is 230 Å². The van der Waals surface area contributed by atoms with Crippen LogP contribution >= 0.6 is 11.3 Å². The zero-order chi connectivity index (χ0) is 28.2. The molecule has 1 aromatic heterocycles. The Balaban J connectivity index is 0.00000163. The lowest BCUT2D eigenvalue weighted by atomic mass is 9.83. The van der Waals surface area contributed by atoms with Gasteiger partial charge in [0.2, 0.25) is 5.92 Å². The Bertz CT molecular complexity index is 939. The standard InChI is InChI=1S/C27H39F2N3S.2C2H6/c1-7-27(18-31(6)17-22-11-9-20(3)10-12-22)13-14-32(19-27)21(4)24-15-23(16-26(5,28)29)33-25(24)30-8-2;2*1-2/h8-9,11,15H,4,7,10,12-14,16-19H2,1-3,5-6H3;2*1-2H3/b30-8-;;. The van der Waals surface area contributed by atoms with Gasteiger partial charge >= 0.3 is 0 Å². The van der Waals surface area contributed by atoms with Gasteiger partial charge in [0, 0.05) is 60.4 Å². The fourth-order valence-corrected chi connectivity index (χ4v) is 6.20. The minimum Gasteiger partial charge on any atom is -0.371 e. The van der Waals surface area contributed by atoms with Crippen LogP contribution in [0.4, 0.5) is 13.8 Å². The van der Waals surface area contributed by atoms with Gasteiger partial charge < -0.3 is 9.80 Å². The van der Waals surface area contributed by atoms with Gasteiger partial charge in [-0.15, -0.1) is 11.3 Å². The molecule has 210 valence electrons. The maximum Gasteiger partial charge on any atom is 0.250 e. The fourth-order valence-electron chi connectivity index (χ4n) is 5.00. The van der Waals surface area contributed by atoms with Crippen molar-refractivity contribution in [3.63, 3.8) is 0 Å². The van der Waals surface area contributed by atoms with Gasteiger partial charge in [-0.2, -0.15) is 0 Å². The number of likely N-dealkylation sites (tertiary alicyclic amines) is 1. The highest BCUT2D eigenvalue weighted by Crippen LogP contribution is 2.43. The average Bonchev–Trinajstić information content (AvgIpc) is 3.46. The van der Waals surface area contributed by atoms with E-state index in [-0.39, 0.29) is 11.8 Å². The quantitative estimate of drug-likeness (QED) is 0.278. The summed E-state index contributed by atoms with van der Waals surface area (Å²) in [5.41, 5.74) is 4.98. The summed E-state index contributed by atoms with van der Waals surface area (Å²) in [4.78, 5) is 9.93. The molecule has 1 atom stereocenters. The van der Waals surface area contributed by atoms with E-state index in [9.17, 15) is 8.78 Å². The van der Waals surface area contributed by atoms with Crippen LogP contribution in [0.3, 0.4) is 0 Å². The van der Waals surface area contributed by atoms with Gasteiger partial charge in [-0.05, 0) is 59.6 Å². The molecular weight excluding hydrogens is 484 g/mol. The van der Waals surface area contributed by atoms with E-state index in [1.807, 2.05) is 40.7 Å². The zero-order valence-electron chi connectivity index (χ0n) is 24.9. The predicted octanol–water partition coefficient (Wildman–Crippen LogP) is 9.39. The number of thiophene rings is 1. The summed E-state index contributed by atoms with van der Waals surface area (Å²) in [6, 6.07) is 1.87. The van der Waals surface area contributed by atoms with Gasteiger partial charge in [0.15, 0.2) is 0 Å². The summed E-state index contributed by atoms with van der Waals surface area (Å²) < 4.78 is 27.2. The van der Waals surface area contributed by atoms with Gasteiger partial charge in [0.25, 0.3) is 0 Å². The van der Waals surface area contributed by atoms with E-state index in [4.69, 9.17) is 0 Å². The molecule has 0 saturated carbocycles. The summed E-state index contributed by atoms with van der Waals surface area (Å²) in [7, 11) is 2.23. The van der Waals surface area contributed by atoms with Gasteiger partial charge in [0.1, 0.15) is 5.00 Å². The minimum atomic E-state index is -2.73. The predicted molar refractivity (Wildman–Crippen MR) is 162 cm³/mol. The highest BCUT2D eigenvalue weighted by molar-refractivity contribution is 7.16. The molecule has 1 aliphatic carbocycles. The van der Waals surface area contributed by atoms with Crippen molar-refractivity contribution in [3.05, 3.63) is 46.4 Å². The van der Waals surface area contributed by atoms with E-state index in [1.165, 1.54) is 28.9 Å². The summed E-state index contributed by atoms with van der Waals surface area (Å²) in [5.74, 6) is -2.73. The van der Waals surface area contributed by atoms with Crippen LogP contribution in [0, 0.1) is 5.41 Å². The number of rotatable bonds is 10. The number of nitrogens with zero attached hydrogens (tertiary/aromatic N) is 3. The maximum absolute atomic E-state index is 13.6. The van der Waals surface area contributed by atoms with Gasteiger partial charge in [-0.1, -0.05) is 64.5 Å². The molecule has 1 fully saturated rings. The van der Waals surface area contributed by atoms with Crippen molar-refractivity contribution in [2.45, 2.75) is 93.4 Å². The number of hydrogen-bond donors (Lipinski definition) is 0. The van der Waals surface area contributed by atoms with Gasteiger partial charge in [-0.3, -0.25) is 0 Å². The van der Waals surface area contributed by atoms with E-state index in [2.05, 4.69) is 54.4 Å². The third kappa shape index (κ3) is 10.1. The van der Waals surface area contributed by atoms with E-state index in [1.54, 1.807) is 6.21 Å². The van der Waals surface area contributed by atoms with Crippen LogP contribution in [0.5, 0.6) is 0 Å². The molecule has 0 spiro atoms. The molecule has 2 aliphatic rings. The molecule has 0 radical (unpaired) electrons. The molecule has 37 heavy (non-hydrogen) atoms. The van der Waals surface area contributed by atoms with Crippen LogP contribution in [0.15, 0.2) is 40.9 Å². The average molecular weight is 536 g/mol. The molecule has 0 aromatic carbocycles. The number of alkyl halides is 2. The van der Waals surface area contributed by atoms with Crippen molar-refractivity contribution in [2.75, 3.05) is 33.2 Å². The summed E-state index contributed by atoms with van der Waals surface area (Å²) in [6.07, 6.45) is 10.6. The second kappa shape index (κ2) is 15.6. The Kier molecular flexibility index (Phi) is 14.0. The largest absolute Gasteiger partial charge is 0.371 e. The molecule has 1 aromatic rings. The second-order valence-corrected chi connectivity index (χ2v) is 11.2. The third-order valence-electron chi connectivity index (χ3n) is 6.90. The Morgan fingerprint density at radius 1 is 1.24 bits per heavy atom. The lowest BCUT2D eigenvalue weighted by Gasteiger charge is -2.34. The van der Waals surface area contributed by atoms with Crippen LogP contribution < -0.4 is 0 Å². The molecule has 6 heteroatoms. The number of aliphatic imine (C=N–C) groups is 1. The fraction of sp³-hybridized carbons (Fsp3) is 0.645. The van der Waals surface area contributed by atoms with E-state index < -0.39 is 5.92 Å². The lowest BCUT2D eigenvalue weighted by Crippen LogP contribution is -2.38.